The van der Waals surface area contributed by atoms with Gasteiger partial charge in [0.25, 0.3) is 5.91 Å². The lowest BCUT2D eigenvalue weighted by molar-refractivity contribution is -0.134. The molecule has 0 aliphatic carbocycles. The monoisotopic (exact) mass is 410 g/mol. The van der Waals surface area contributed by atoms with Gasteiger partial charge in [-0.05, 0) is 48.5 Å². The molecule has 1 saturated heterocycles. The first-order valence-corrected chi connectivity index (χ1v) is 9.78. The van der Waals surface area contributed by atoms with Gasteiger partial charge >= 0.3 is 5.97 Å². The largest absolute Gasteiger partial charge is 0.497 e. The Kier molecular flexibility index (Phi) is 7.32. The topological polar surface area (TPSA) is 68.3 Å². The van der Waals surface area contributed by atoms with E-state index in [0.29, 0.717) is 31.0 Å². The Morgan fingerprint density at radius 1 is 0.967 bits per heavy atom. The van der Waals surface area contributed by atoms with Gasteiger partial charge in [-0.3, -0.25) is 4.79 Å². The quantitative estimate of drug-likeness (QED) is 0.492. The molecule has 158 valence electrons. The normalized spacial score (nSPS) is 13.5. The van der Waals surface area contributed by atoms with E-state index < -0.39 is 5.97 Å². The number of piperazine rings is 1. The van der Waals surface area contributed by atoms with Crippen molar-refractivity contribution in [1.82, 2.24) is 4.90 Å². The lowest BCUT2D eigenvalue weighted by atomic mass is 10.2. The lowest BCUT2D eigenvalue weighted by Gasteiger charge is -2.36. The fourth-order valence-electron chi connectivity index (χ4n) is 3.15. The highest BCUT2D eigenvalue weighted by Gasteiger charge is 2.22. The van der Waals surface area contributed by atoms with Gasteiger partial charge in [0.2, 0.25) is 0 Å². The summed E-state index contributed by atoms with van der Waals surface area (Å²) < 4.78 is 15.7. The first kappa shape index (κ1) is 21.2. The Bertz CT molecular complexity index is 856. The summed E-state index contributed by atoms with van der Waals surface area (Å²) in [5.74, 6) is 0.727. The van der Waals surface area contributed by atoms with E-state index in [-0.39, 0.29) is 12.5 Å². The summed E-state index contributed by atoms with van der Waals surface area (Å²) in [6, 6.07) is 14.4. The van der Waals surface area contributed by atoms with Crippen molar-refractivity contribution in [3.8, 4) is 11.5 Å². The van der Waals surface area contributed by atoms with Crippen LogP contribution in [0.4, 0.5) is 5.69 Å². The first-order valence-electron chi connectivity index (χ1n) is 9.78. The lowest BCUT2D eigenvalue weighted by Crippen LogP contribution is -2.49. The second-order valence-electron chi connectivity index (χ2n) is 6.77. The van der Waals surface area contributed by atoms with E-state index in [0.717, 1.165) is 24.5 Å². The summed E-state index contributed by atoms with van der Waals surface area (Å²) in [6.45, 7) is 6.31. The predicted molar refractivity (Wildman–Crippen MR) is 114 cm³/mol. The molecule has 0 radical (unpaired) electrons. The molecule has 7 nitrogen and oxygen atoms in total. The average molecular weight is 410 g/mol. The molecular formula is C23H26N2O5. The molecule has 1 amide bonds. The van der Waals surface area contributed by atoms with Crippen molar-refractivity contribution < 1.29 is 23.8 Å². The van der Waals surface area contributed by atoms with Crippen LogP contribution in [0, 0.1) is 0 Å². The average Bonchev–Trinajstić information content (AvgIpc) is 2.81. The summed E-state index contributed by atoms with van der Waals surface area (Å²) in [4.78, 5) is 28.5. The molecule has 3 rings (SSSR count). The number of hydrogen-bond acceptors (Lipinski definition) is 6. The third kappa shape index (κ3) is 5.53. The molecule has 0 N–H and O–H groups in total. The number of amides is 1. The molecular weight excluding hydrogens is 384 g/mol. The zero-order valence-corrected chi connectivity index (χ0v) is 17.1. The van der Waals surface area contributed by atoms with Crippen LogP contribution in [0.25, 0.3) is 0 Å². The molecule has 0 unspecified atom stereocenters. The van der Waals surface area contributed by atoms with Gasteiger partial charge in [0.15, 0.2) is 6.61 Å². The van der Waals surface area contributed by atoms with Crippen molar-refractivity contribution in [2.75, 3.05) is 51.4 Å². The maximum Gasteiger partial charge on any atom is 0.338 e. The van der Waals surface area contributed by atoms with E-state index in [2.05, 4.69) is 11.5 Å². The molecule has 1 aliphatic rings. The molecule has 1 aliphatic heterocycles. The highest BCUT2D eigenvalue weighted by atomic mass is 16.5. The molecule has 0 atom stereocenters. The SMILES string of the molecule is C=CCOc1ccc(C(=O)OCC(=O)N2CCN(c3ccc(OC)cc3)CC2)cc1. The zero-order chi connectivity index (χ0) is 21.3. The van der Waals surface area contributed by atoms with Gasteiger partial charge in [-0.2, -0.15) is 0 Å². The maximum absolute atomic E-state index is 12.4. The summed E-state index contributed by atoms with van der Waals surface area (Å²) in [7, 11) is 1.64. The molecule has 30 heavy (non-hydrogen) atoms. The Balaban J connectivity index is 1.44. The van der Waals surface area contributed by atoms with E-state index in [4.69, 9.17) is 14.2 Å². The summed E-state index contributed by atoms with van der Waals surface area (Å²) in [5.41, 5.74) is 1.47. The zero-order valence-electron chi connectivity index (χ0n) is 17.1. The number of nitrogens with zero attached hydrogens (tertiary/aromatic N) is 2. The molecule has 0 spiro atoms. The van der Waals surface area contributed by atoms with Crippen LogP contribution >= 0.6 is 0 Å². The molecule has 7 heteroatoms. The molecule has 0 saturated carbocycles. The number of ether oxygens (including phenoxy) is 3. The maximum atomic E-state index is 12.4. The van der Waals surface area contributed by atoms with Crippen molar-refractivity contribution in [2.45, 2.75) is 0 Å². The smallest absolute Gasteiger partial charge is 0.338 e. The molecule has 2 aromatic rings. The molecule has 1 fully saturated rings. The van der Waals surface area contributed by atoms with E-state index >= 15 is 0 Å². The number of benzene rings is 2. The number of rotatable bonds is 8. The third-order valence-corrected chi connectivity index (χ3v) is 4.85. The van der Waals surface area contributed by atoms with Crippen molar-refractivity contribution in [2.24, 2.45) is 0 Å². The molecule has 0 aromatic heterocycles. The number of anilines is 1. The van der Waals surface area contributed by atoms with Gasteiger partial charge in [-0.1, -0.05) is 12.7 Å². The van der Waals surface area contributed by atoms with Crippen LogP contribution in [0.2, 0.25) is 0 Å². The highest BCUT2D eigenvalue weighted by Crippen LogP contribution is 2.20. The molecule has 2 aromatic carbocycles. The minimum atomic E-state index is -0.532. The first-order chi connectivity index (χ1) is 14.6. The number of carbonyl (C=O) groups excluding carboxylic acids is 2. The Labute approximate surface area is 176 Å². The Morgan fingerprint density at radius 3 is 2.20 bits per heavy atom. The van der Waals surface area contributed by atoms with Crippen LogP contribution in [0.1, 0.15) is 10.4 Å². The second kappa shape index (κ2) is 10.3. The van der Waals surface area contributed by atoms with Crippen LogP contribution in [0.3, 0.4) is 0 Å². The second-order valence-corrected chi connectivity index (χ2v) is 6.77. The van der Waals surface area contributed by atoms with Gasteiger partial charge in [0.1, 0.15) is 18.1 Å². The van der Waals surface area contributed by atoms with Crippen molar-refractivity contribution in [3.05, 3.63) is 66.7 Å². The highest BCUT2D eigenvalue weighted by molar-refractivity contribution is 5.91. The van der Waals surface area contributed by atoms with Crippen LogP contribution in [0.5, 0.6) is 11.5 Å². The van der Waals surface area contributed by atoms with Gasteiger partial charge in [0.05, 0.1) is 12.7 Å². The standard InChI is InChI=1S/C23H26N2O5/c1-3-16-29-21-8-4-18(5-9-21)23(27)30-17-22(26)25-14-12-24(13-15-25)19-6-10-20(28-2)11-7-19/h3-11H,1,12-17H2,2H3. The number of methoxy groups -OCH3 is 1. The van der Waals surface area contributed by atoms with Gasteiger partial charge in [-0.25, -0.2) is 4.79 Å². The van der Waals surface area contributed by atoms with E-state index in [1.54, 1.807) is 42.4 Å². The van der Waals surface area contributed by atoms with E-state index in [9.17, 15) is 9.59 Å². The van der Waals surface area contributed by atoms with Crippen LogP contribution in [-0.2, 0) is 9.53 Å². The summed E-state index contributed by atoms with van der Waals surface area (Å²) >= 11 is 0. The Morgan fingerprint density at radius 2 is 1.60 bits per heavy atom. The number of carbonyl (C=O) groups is 2. The third-order valence-electron chi connectivity index (χ3n) is 4.85. The fraction of sp³-hybridized carbons (Fsp3) is 0.304. The van der Waals surface area contributed by atoms with E-state index in [1.165, 1.54) is 0 Å². The Hall–Kier alpha value is -3.48. The van der Waals surface area contributed by atoms with Crippen molar-refractivity contribution in [1.29, 1.82) is 0 Å². The summed E-state index contributed by atoms with van der Waals surface area (Å²) in [5, 5.41) is 0. The van der Waals surface area contributed by atoms with Crippen LogP contribution in [-0.4, -0.2) is 63.3 Å². The predicted octanol–water partition coefficient (Wildman–Crippen LogP) is 2.77. The summed E-state index contributed by atoms with van der Waals surface area (Å²) in [6.07, 6.45) is 1.64. The van der Waals surface area contributed by atoms with Crippen LogP contribution < -0.4 is 14.4 Å². The van der Waals surface area contributed by atoms with Gasteiger partial charge in [-0.15, -0.1) is 0 Å². The molecule has 1 heterocycles. The van der Waals surface area contributed by atoms with Gasteiger partial charge < -0.3 is 24.0 Å². The van der Waals surface area contributed by atoms with Crippen molar-refractivity contribution in [3.63, 3.8) is 0 Å². The number of esters is 1. The van der Waals surface area contributed by atoms with Crippen LogP contribution in [0.15, 0.2) is 61.2 Å². The fourth-order valence-corrected chi connectivity index (χ4v) is 3.15. The minimum absolute atomic E-state index is 0.191. The number of hydrogen-bond donors (Lipinski definition) is 0. The minimum Gasteiger partial charge on any atom is -0.497 e. The molecule has 0 bridgehead atoms. The van der Waals surface area contributed by atoms with E-state index in [1.807, 2.05) is 24.3 Å². The van der Waals surface area contributed by atoms with Gasteiger partial charge in [0, 0.05) is 31.9 Å². The van der Waals surface area contributed by atoms with Crippen molar-refractivity contribution >= 4 is 17.6 Å².